The van der Waals surface area contributed by atoms with Gasteiger partial charge in [-0.05, 0) is 23.6 Å². The fraction of sp³-hybridized carbons (Fsp3) is 0.235. The average Bonchev–Trinajstić information content (AvgIpc) is 3.30. The van der Waals surface area contributed by atoms with Gasteiger partial charge in [0.15, 0.2) is 5.76 Å². The molecule has 0 aliphatic heterocycles. The Labute approximate surface area is 139 Å². The third-order valence-electron chi connectivity index (χ3n) is 3.61. The molecule has 0 radical (unpaired) electrons. The first-order valence-electron chi connectivity index (χ1n) is 7.79. The topological polar surface area (TPSA) is 95.8 Å². The second-order valence-electron chi connectivity index (χ2n) is 5.34. The number of nitrogens with zero attached hydrogens (tertiary/aromatic N) is 2. The molecule has 7 nitrogen and oxygen atoms in total. The van der Waals surface area contributed by atoms with Crippen LogP contribution in [0.2, 0.25) is 0 Å². The normalized spacial score (nSPS) is 10.5. The van der Waals surface area contributed by atoms with Gasteiger partial charge in [-0.1, -0.05) is 36.3 Å². The number of hydrogen-bond acceptors (Lipinski definition) is 4. The zero-order chi connectivity index (χ0) is 16.8. The summed E-state index contributed by atoms with van der Waals surface area (Å²) in [5, 5.41) is 16.3. The van der Waals surface area contributed by atoms with Crippen molar-refractivity contribution < 1.29 is 9.32 Å². The van der Waals surface area contributed by atoms with E-state index in [1.165, 1.54) is 0 Å². The quantitative estimate of drug-likeness (QED) is 0.649. The molecule has 0 bridgehead atoms. The molecule has 124 valence electrons. The van der Waals surface area contributed by atoms with Gasteiger partial charge < -0.3 is 15.2 Å². The van der Waals surface area contributed by atoms with Gasteiger partial charge in [0.05, 0.1) is 17.9 Å². The zero-order valence-electron chi connectivity index (χ0n) is 13.4. The maximum absolute atomic E-state index is 11.8. The molecular formula is C17H19N5O2. The van der Waals surface area contributed by atoms with E-state index in [1.807, 2.05) is 43.3 Å². The van der Waals surface area contributed by atoms with Gasteiger partial charge in [-0.2, -0.15) is 5.10 Å². The largest absolute Gasteiger partial charge is 0.359 e. The van der Waals surface area contributed by atoms with Crippen LogP contribution in [-0.2, 0) is 19.5 Å². The number of urea groups is 1. The number of carbonyl (C=O) groups excluding carboxylic acids is 1. The Morgan fingerprint density at radius 2 is 1.96 bits per heavy atom. The Morgan fingerprint density at radius 1 is 1.17 bits per heavy atom. The summed E-state index contributed by atoms with van der Waals surface area (Å²) in [7, 11) is 0. The molecule has 0 unspecified atom stereocenters. The van der Waals surface area contributed by atoms with Gasteiger partial charge >= 0.3 is 6.03 Å². The Bertz CT molecular complexity index is 778. The fourth-order valence-corrected chi connectivity index (χ4v) is 2.24. The molecule has 0 atom stereocenters. The molecule has 3 rings (SSSR count). The van der Waals surface area contributed by atoms with Crippen LogP contribution in [0.15, 0.2) is 47.1 Å². The predicted molar refractivity (Wildman–Crippen MR) is 89.0 cm³/mol. The standard InChI is InChI=1S/C17H19N5O2/c1-2-14-9-15(24-22-14)11-19-17(23)18-10-12-3-5-13(6-4-12)16-7-8-20-21-16/h3-9H,2,10-11H2,1H3,(H,20,21)(H2,18,19,23). The molecule has 24 heavy (non-hydrogen) atoms. The van der Waals surface area contributed by atoms with Crippen LogP contribution in [-0.4, -0.2) is 21.4 Å². The molecule has 0 fully saturated rings. The highest BCUT2D eigenvalue weighted by atomic mass is 16.5. The smallest absolute Gasteiger partial charge is 0.315 e. The van der Waals surface area contributed by atoms with Crippen LogP contribution in [0, 0.1) is 0 Å². The van der Waals surface area contributed by atoms with E-state index in [0.717, 1.165) is 28.9 Å². The summed E-state index contributed by atoms with van der Waals surface area (Å²) >= 11 is 0. The van der Waals surface area contributed by atoms with Crippen LogP contribution in [0.3, 0.4) is 0 Å². The summed E-state index contributed by atoms with van der Waals surface area (Å²) in [4.78, 5) is 11.8. The number of benzene rings is 1. The first kappa shape index (κ1) is 15.8. The molecule has 3 aromatic rings. The number of aryl methyl sites for hydroxylation is 1. The van der Waals surface area contributed by atoms with Crippen molar-refractivity contribution in [1.29, 1.82) is 0 Å². The van der Waals surface area contributed by atoms with Crippen molar-refractivity contribution in [1.82, 2.24) is 26.0 Å². The lowest BCUT2D eigenvalue weighted by Crippen LogP contribution is -2.34. The summed E-state index contributed by atoms with van der Waals surface area (Å²) < 4.78 is 5.12. The molecule has 0 saturated carbocycles. The van der Waals surface area contributed by atoms with E-state index in [0.29, 0.717) is 18.8 Å². The van der Waals surface area contributed by atoms with Gasteiger partial charge in [-0.3, -0.25) is 5.10 Å². The molecule has 0 aliphatic carbocycles. The van der Waals surface area contributed by atoms with Crippen molar-refractivity contribution in [2.45, 2.75) is 26.4 Å². The number of nitrogens with one attached hydrogen (secondary N) is 3. The van der Waals surface area contributed by atoms with Gasteiger partial charge in [-0.25, -0.2) is 4.79 Å². The van der Waals surface area contributed by atoms with Gasteiger partial charge in [0.1, 0.15) is 0 Å². The molecule has 2 heterocycles. The summed E-state index contributed by atoms with van der Waals surface area (Å²) in [6.45, 7) is 2.77. The van der Waals surface area contributed by atoms with E-state index in [-0.39, 0.29) is 6.03 Å². The van der Waals surface area contributed by atoms with E-state index in [1.54, 1.807) is 6.20 Å². The number of aromatic amines is 1. The fourth-order valence-electron chi connectivity index (χ4n) is 2.24. The van der Waals surface area contributed by atoms with Crippen molar-refractivity contribution >= 4 is 6.03 Å². The van der Waals surface area contributed by atoms with E-state index in [9.17, 15) is 4.79 Å². The third kappa shape index (κ3) is 4.01. The van der Waals surface area contributed by atoms with Crippen molar-refractivity contribution in [3.8, 4) is 11.3 Å². The lowest BCUT2D eigenvalue weighted by molar-refractivity contribution is 0.238. The Kier molecular flexibility index (Phi) is 4.90. The monoisotopic (exact) mass is 325 g/mol. The van der Waals surface area contributed by atoms with E-state index >= 15 is 0 Å². The maximum Gasteiger partial charge on any atom is 0.315 e. The second kappa shape index (κ2) is 7.45. The third-order valence-corrected chi connectivity index (χ3v) is 3.61. The minimum Gasteiger partial charge on any atom is -0.359 e. The van der Waals surface area contributed by atoms with Crippen LogP contribution in [0.1, 0.15) is 23.9 Å². The van der Waals surface area contributed by atoms with Gasteiger partial charge in [-0.15, -0.1) is 0 Å². The minimum absolute atomic E-state index is 0.248. The van der Waals surface area contributed by atoms with Crippen LogP contribution in [0.5, 0.6) is 0 Å². The van der Waals surface area contributed by atoms with Crippen LogP contribution < -0.4 is 10.6 Å². The first-order chi connectivity index (χ1) is 11.7. The van der Waals surface area contributed by atoms with Gasteiger partial charge in [0, 0.05) is 18.8 Å². The summed E-state index contributed by atoms with van der Waals surface area (Å²) in [5.74, 6) is 0.644. The molecule has 3 N–H and O–H groups in total. The number of hydrogen-bond donors (Lipinski definition) is 3. The molecule has 2 amide bonds. The maximum atomic E-state index is 11.8. The minimum atomic E-state index is -0.248. The summed E-state index contributed by atoms with van der Waals surface area (Å²) in [6.07, 6.45) is 2.53. The number of rotatable bonds is 6. The predicted octanol–water partition coefficient (Wildman–Crippen LogP) is 2.63. The molecule has 1 aromatic carbocycles. The van der Waals surface area contributed by atoms with Gasteiger partial charge in [0.25, 0.3) is 0 Å². The molecule has 0 aliphatic rings. The molecule has 7 heteroatoms. The van der Waals surface area contributed by atoms with Gasteiger partial charge in [0.2, 0.25) is 0 Å². The Hall–Kier alpha value is -3.09. The highest BCUT2D eigenvalue weighted by Gasteiger charge is 2.05. The number of H-pyrrole nitrogens is 1. The van der Waals surface area contributed by atoms with Crippen molar-refractivity contribution in [2.24, 2.45) is 0 Å². The van der Waals surface area contributed by atoms with E-state index in [2.05, 4.69) is 26.0 Å². The first-order valence-corrected chi connectivity index (χ1v) is 7.79. The second-order valence-corrected chi connectivity index (χ2v) is 5.34. The highest BCUT2D eigenvalue weighted by molar-refractivity contribution is 5.73. The molecular weight excluding hydrogens is 306 g/mol. The van der Waals surface area contributed by atoms with Crippen LogP contribution in [0.4, 0.5) is 4.79 Å². The Balaban J connectivity index is 1.45. The SMILES string of the molecule is CCc1cc(CNC(=O)NCc2ccc(-c3ccn[nH]3)cc2)on1. The van der Waals surface area contributed by atoms with Crippen molar-refractivity contribution in [2.75, 3.05) is 0 Å². The highest BCUT2D eigenvalue weighted by Crippen LogP contribution is 2.16. The van der Waals surface area contributed by atoms with Crippen LogP contribution >= 0.6 is 0 Å². The summed E-state index contributed by atoms with van der Waals surface area (Å²) in [5.41, 5.74) is 3.91. The molecule has 2 aromatic heterocycles. The molecule has 0 saturated heterocycles. The Morgan fingerprint density at radius 3 is 2.62 bits per heavy atom. The van der Waals surface area contributed by atoms with Crippen LogP contribution in [0.25, 0.3) is 11.3 Å². The average molecular weight is 325 g/mol. The van der Waals surface area contributed by atoms with E-state index in [4.69, 9.17) is 4.52 Å². The summed E-state index contributed by atoms with van der Waals surface area (Å²) in [6, 6.07) is 11.4. The zero-order valence-corrected chi connectivity index (χ0v) is 13.4. The van der Waals surface area contributed by atoms with E-state index < -0.39 is 0 Å². The van der Waals surface area contributed by atoms with Crippen molar-refractivity contribution in [3.05, 3.63) is 59.6 Å². The molecule has 0 spiro atoms. The lowest BCUT2D eigenvalue weighted by Gasteiger charge is -2.07. The van der Waals surface area contributed by atoms with Crippen molar-refractivity contribution in [3.63, 3.8) is 0 Å². The number of carbonyl (C=O) groups is 1. The number of amides is 2. The number of aromatic nitrogens is 3. The lowest BCUT2D eigenvalue weighted by atomic mass is 10.1.